The van der Waals surface area contributed by atoms with Crippen LogP contribution >= 0.6 is 11.8 Å². The molecule has 1 aliphatic carbocycles. The van der Waals surface area contributed by atoms with Gasteiger partial charge in [0.05, 0.1) is 10.8 Å². The Morgan fingerprint density at radius 1 is 1.33 bits per heavy atom. The summed E-state index contributed by atoms with van der Waals surface area (Å²) in [4.78, 5) is 12.3. The van der Waals surface area contributed by atoms with Crippen molar-refractivity contribution in [3.05, 3.63) is 30.1 Å². The third-order valence-electron chi connectivity index (χ3n) is 4.30. The monoisotopic (exact) mass is 348 g/mol. The van der Waals surface area contributed by atoms with Gasteiger partial charge in [-0.15, -0.1) is 10.2 Å². The molecule has 128 valence electrons. The molecule has 1 saturated carbocycles. The second-order valence-electron chi connectivity index (χ2n) is 6.10. The summed E-state index contributed by atoms with van der Waals surface area (Å²) in [5.74, 6) is 0.137. The molecular weight excluding hydrogens is 327 g/mol. The van der Waals surface area contributed by atoms with Crippen molar-refractivity contribution < 1.29 is 9.18 Å². The molecule has 0 saturated heterocycles. The van der Waals surface area contributed by atoms with E-state index in [0.29, 0.717) is 22.6 Å². The van der Waals surface area contributed by atoms with Crippen LogP contribution in [0.1, 0.15) is 32.6 Å². The molecule has 0 spiro atoms. The molecule has 0 unspecified atom stereocenters. The first kappa shape index (κ1) is 17.0. The molecule has 5 nitrogen and oxygen atoms in total. The van der Waals surface area contributed by atoms with Gasteiger partial charge in [0, 0.05) is 13.1 Å². The van der Waals surface area contributed by atoms with Gasteiger partial charge in [-0.25, -0.2) is 4.39 Å². The topological polar surface area (TPSA) is 59.8 Å². The highest BCUT2D eigenvalue weighted by molar-refractivity contribution is 8.00. The van der Waals surface area contributed by atoms with E-state index in [1.807, 2.05) is 6.92 Å². The number of hydrogen-bond acceptors (Lipinski definition) is 4. The molecule has 1 aromatic heterocycles. The zero-order valence-corrected chi connectivity index (χ0v) is 14.6. The van der Waals surface area contributed by atoms with Crippen molar-refractivity contribution in [3.63, 3.8) is 0 Å². The molecule has 3 rings (SSSR count). The number of carbonyl (C=O) groups excluding carboxylic acids is 1. The fraction of sp³-hybridized carbons (Fsp3) is 0.471. The smallest absolute Gasteiger partial charge is 0.233 e. The minimum absolute atomic E-state index is 0.0161. The predicted octanol–water partition coefficient (Wildman–Crippen LogP) is 3.16. The maximum Gasteiger partial charge on any atom is 0.233 e. The standard InChI is InChI=1S/C17H21FN4OS/c1-11(16(23)19-12-7-3-4-8-12)24-17-21-20-15(22(17)2)13-9-5-6-10-14(13)18/h5-6,9-12H,3-4,7-8H2,1-2H3,(H,19,23)/t11-/m1/s1. The van der Waals surface area contributed by atoms with Crippen molar-refractivity contribution >= 4 is 17.7 Å². The van der Waals surface area contributed by atoms with Crippen molar-refractivity contribution in [2.45, 2.75) is 49.1 Å². The molecule has 1 heterocycles. The number of hydrogen-bond donors (Lipinski definition) is 1. The maximum atomic E-state index is 13.9. The third-order valence-corrected chi connectivity index (χ3v) is 5.44. The maximum absolute atomic E-state index is 13.9. The molecule has 0 bridgehead atoms. The molecule has 1 N–H and O–H groups in total. The van der Waals surface area contributed by atoms with Crippen LogP contribution < -0.4 is 5.32 Å². The zero-order chi connectivity index (χ0) is 17.1. The van der Waals surface area contributed by atoms with E-state index in [9.17, 15) is 9.18 Å². The second-order valence-corrected chi connectivity index (χ2v) is 7.40. The lowest BCUT2D eigenvalue weighted by Crippen LogP contribution is -2.37. The molecular formula is C17H21FN4OS. The Hall–Kier alpha value is -1.89. The first-order valence-electron chi connectivity index (χ1n) is 8.17. The highest BCUT2D eigenvalue weighted by Crippen LogP contribution is 2.27. The fourth-order valence-corrected chi connectivity index (χ4v) is 3.72. The van der Waals surface area contributed by atoms with E-state index in [1.165, 1.54) is 30.7 Å². The lowest BCUT2D eigenvalue weighted by atomic mass is 10.2. The molecule has 1 aromatic carbocycles. The van der Waals surface area contributed by atoms with Crippen LogP contribution in [0.2, 0.25) is 0 Å². The summed E-state index contributed by atoms with van der Waals surface area (Å²) in [5, 5.41) is 11.6. The third kappa shape index (κ3) is 3.61. The molecule has 7 heteroatoms. The minimum atomic E-state index is -0.337. The lowest BCUT2D eigenvalue weighted by molar-refractivity contribution is -0.120. The van der Waals surface area contributed by atoms with E-state index < -0.39 is 0 Å². The number of nitrogens with zero attached hydrogens (tertiary/aromatic N) is 3. The van der Waals surface area contributed by atoms with Crippen LogP contribution in [0.5, 0.6) is 0 Å². The van der Waals surface area contributed by atoms with Gasteiger partial charge in [0.2, 0.25) is 5.91 Å². The number of rotatable bonds is 5. The minimum Gasteiger partial charge on any atom is -0.352 e. The van der Waals surface area contributed by atoms with E-state index in [-0.39, 0.29) is 17.0 Å². The molecule has 24 heavy (non-hydrogen) atoms. The van der Waals surface area contributed by atoms with E-state index in [0.717, 1.165) is 12.8 Å². The quantitative estimate of drug-likeness (QED) is 0.843. The average molecular weight is 348 g/mol. The Bertz CT molecular complexity index is 727. The summed E-state index contributed by atoms with van der Waals surface area (Å²) in [6.45, 7) is 1.85. The molecule has 1 fully saturated rings. The van der Waals surface area contributed by atoms with Gasteiger partial charge in [-0.05, 0) is 31.9 Å². The lowest BCUT2D eigenvalue weighted by Gasteiger charge is -2.16. The Morgan fingerprint density at radius 2 is 2.04 bits per heavy atom. The van der Waals surface area contributed by atoms with E-state index in [2.05, 4.69) is 15.5 Å². The van der Waals surface area contributed by atoms with Gasteiger partial charge < -0.3 is 9.88 Å². The van der Waals surface area contributed by atoms with Crippen LogP contribution in [0.25, 0.3) is 11.4 Å². The highest BCUT2D eigenvalue weighted by atomic mass is 32.2. The largest absolute Gasteiger partial charge is 0.352 e. The molecule has 2 aromatic rings. The Morgan fingerprint density at radius 3 is 2.75 bits per heavy atom. The first-order chi connectivity index (χ1) is 11.6. The highest BCUT2D eigenvalue weighted by Gasteiger charge is 2.23. The summed E-state index contributed by atoms with van der Waals surface area (Å²) in [7, 11) is 1.78. The summed E-state index contributed by atoms with van der Waals surface area (Å²) < 4.78 is 15.7. The number of halogens is 1. The molecule has 0 aliphatic heterocycles. The van der Waals surface area contributed by atoms with Gasteiger partial charge in [0.1, 0.15) is 5.82 Å². The number of nitrogens with one attached hydrogen (secondary N) is 1. The number of carbonyl (C=O) groups is 1. The van der Waals surface area contributed by atoms with Gasteiger partial charge in [0.25, 0.3) is 0 Å². The Balaban J connectivity index is 1.69. The van der Waals surface area contributed by atoms with Gasteiger partial charge in [-0.1, -0.05) is 36.7 Å². The fourth-order valence-electron chi connectivity index (χ4n) is 2.89. The second kappa shape index (κ2) is 7.34. The van der Waals surface area contributed by atoms with Crippen LogP contribution in [0, 0.1) is 5.82 Å². The van der Waals surface area contributed by atoms with E-state index >= 15 is 0 Å². The SMILES string of the molecule is C[C@@H](Sc1nnc(-c2ccccc2F)n1C)C(=O)NC1CCCC1. The average Bonchev–Trinajstić information content (AvgIpc) is 3.19. The van der Waals surface area contributed by atoms with Gasteiger partial charge >= 0.3 is 0 Å². The summed E-state index contributed by atoms with van der Waals surface area (Å²) in [6, 6.07) is 6.77. The van der Waals surface area contributed by atoms with Crippen LogP contribution in [-0.2, 0) is 11.8 Å². The van der Waals surface area contributed by atoms with Crippen LogP contribution in [-0.4, -0.2) is 32.0 Å². The molecule has 1 atom stereocenters. The van der Waals surface area contributed by atoms with Crippen LogP contribution in [0.3, 0.4) is 0 Å². The normalized spacial score (nSPS) is 16.3. The summed E-state index contributed by atoms with van der Waals surface area (Å²) >= 11 is 1.34. The van der Waals surface area contributed by atoms with Crippen LogP contribution in [0.15, 0.2) is 29.4 Å². The van der Waals surface area contributed by atoms with Gasteiger partial charge in [-0.3, -0.25) is 4.79 Å². The van der Waals surface area contributed by atoms with Gasteiger partial charge in [-0.2, -0.15) is 0 Å². The number of thioether (sulfide) groups is 1. The number of benzene rings is 1. The van der Waals surface area contributed by atoms with Gasteiger partial charge in [0.15, 0.2) is 11.0 Å². The predicted molar refractivity (Wildman–Crippen MR) is 92.1 cm³/mol. The van der Waals surface area contributed by atoms with Crippen molar-refractivity contribution in [1.29, 1.82) is 0 Å². The summed E-state index contributed by atoms with van der Waals surface area (Å²) in [6.07, 6.45) is 4.48. The van der Waals surface area contributed by atoms with E-state index in [1.54, 1.807) is 29.8 Å². The molecule has 1 aliphatic rings. The van der Waals surface area contributed by atoms with Crippen molar-refractivity contribution in [3.8, 4) is 11.4 Å². The zero-order valence-electron chi connectivity index (χ0n) is 13.8. The Kier molecular flexibility index (Phi) is 5.18. The molecule has 1 amide bonds. The van der Waals surface area contributed by atoms with Crippen molar-refractivity contribution in [1.82, 2.24) is 20.1 Å². The van der Waals surface area contributed by atoms with Crippen molar-refractivity contribution in [2.24, 2.45) is 7.05 Å². The Labute approximate surface area is 145 Å². The van der Waals surface area contributed by atoms with E-state index in [4.69, 9.17) is 0 Å². The van der Waals surface area contributed by atoms with Crippen LogP contribution in [0.4, 0.5) is 4.39 Å². The van der Waals surface area contributed by atoms with Crippen molar-refractivity contribution in [2.75, 3.05) is 0 Å². The molecule has 0 radical (unpaired) electrons. The summed E-state index contributed by atoms with van der Waals surface area (Å²) in [5.41, 5.74) is 0.405. The number of amides is 1. The first-order valence-corrected chi connectivity index (χ1v) is 9.05. The number of aromatic nitrogens is 3.